The number of rotatable bonds is 2. The Balaban J connectivity index is 2.07. The number of nitrogens with zero attached hydrogens (tertiary/aromatic N) is 2. The third kappa shape index (κ3) is 1.67. The summed E-state index contributed by atoms with van der Waals surface area (Å²) in [6, 6.07) is 10.1. The maximum absolute atomic E-state index is 5.24. The highest BCUT2D eigenvalue weighted by atomic mass is 16.5. The molecule has 1 N–H and O–H groups in total. The summed E-state index contributed by atoms with van der Waals surface area (Å²) in [7, 11) is 1.68. The number of hydrogen-bond acceptors (Lipinski definition) is 3. The highest BCUT2D eigenvalue weighted by molar-refractivity contribution is 5.79. The SMILES string of the molecule is COc1cccc(-n2ccc3c2NC=NC3)c1. The molecule has 17 heavy (non-hydrogen) atoms. The number of hydrogen-bond donors (Lipinski definition) is 1. The Labute approximate surface area is 99.6 Å². The van der Waals surface area contributed by atoms with Crippen molar-refractivity contribution in [1.82, 2.24) is 4.57 Å². The first-order valence-corrected chi connectivity index (χ1v) is 5.48. The zero-order valence-corrected chi connectivity index (χ0v) is 9.55. The third-order valence-electron chi connectivity index (χ3n) is 2.86. The molecule has 0 fully saturated rings. The molecule has 0 unspecified atom stereocenters. The normalized spacial score (nSPS) is 13.0. The first-order valence-electron chi connectivity index (χ1n) is 5.48. The minimum atomic E-state index is 0.735. The van der Waals surface area contributed by atoms with Crippen LogP contribution in [0.4, 0.5) is 5.82 Å². The Hall–Kier alpha value is -2.23. The molecular formula is C13H13N3O. The second-order valence-electron chi connectivity index (χ2n) is 3.88. The molecule has 3 rings (SSSR count). The Bertz CT molecular complexity index is 572. The van der Waals surface area contributed by atoms with Crippen LogP contribution in [0.15, 0.2) is 41.5 Å². The molecule has 0 saturated carbocycles. The number of ether oxygens (including phenoxy) is 1. The Morgan fingerprint density at radius 3 is 3.18 bits per heavy atom. The Morgan fingerprint density at radius 1 is 1.35 bits per heavy atom. The molecule has 1 aliphatic rings. The van der Waals surface area contributed by atoms with E-state index in [0.717, 1.165) is 23.8 Å². The fraction of sp³-hybridized carbons (Fsp3) is 0.154. The van der Waals surface area contributed by atoms with Gasteiger partial charge in [-0.15, -0.1) is 0 Å². The van der Waals surface area contributed by atoms with E-state index in [1.807, 2.05) is 24.4 Å². The van der Waals surface area contributed by atoms with Crippen LogP contribution in [0.5, 0.6) is 5.75 Å². The van der Waals surface area contributed by atoms with E-state index in [4.69, 9.17) is 4.74 Å². The first-order chi connectivity index (χ1) is 8.38. The summed E-state index contributed by atoms with van der Waals surface area (Å²) in [5, 5.41) is 3.18. The van der Waals surface area contributed by atoms with Gasteiger partial charge < -0.3 is 14.6 Å². The standard InChI is InChI=1S/C13H13N3O/c1-17-12-4-2-3-11(7-12)16-6-5-10-8-14-9-15-13(10)16/h2-7,9H,8H2,1H3,(H,14,15). The van der Waals surface area contributed by atoms with E-state index in [2.05, 4.69) is 27.0 Å². The number of nitrogens with one attached hydrogen (secondary N) is 1. The van der Waals surface area contributed by atoms with Crippen LogP contribution in [0, 0.1) is 0 Å². The van der Waals surface area contributed by atoms with Gasteiger partial charge in [0.2, 0.25) is 0 Å². The van der Waals surface area contributed by atoms with Gasteiger partial charge in [-0.1, -0.05) is 6.07 Å². The van der Waals surface area contributed by atoms with Gasteiger partial charge in [-0.3, -0.25) is 4.99 Å². The summed E-state index contributed by atoms with van der Waals surface area (Å²) in [6.45, 7) is 0.735. The molecule has 2 aromatic rings. The van der Waals surface area contributed by atoms with Crippen molar-refractivity contribution in [3.05, 3.63) is 42.1 Å². The van der Waals surface area contributed by atoms with Crippen molar-refractivity contribution in [2.24, 2.45) is 4.99 Å². The molecular weight excluding hydrogens is 214 g/mol. The number of methoxy groups -OCH3 is 1. The van der Waals surface area contributed by atoms with Crippen LogP contribution >= 0.6 is 0 Å². The molecule has 4 nitrogen and oxygen atoms in total. The highest BCUT2D eigenvalue weighted by Crippen LogP contribution is 2.26. The topological polar surface area (TPSA) is 38.5 Å². The van der Waals surface area contributed by atoms with Gasteiger partial charge in [-0.2, -0.15) is 0 Å². The largest absolute Gasteiger partial charge is 0.497 e. The van der Waals surface area contributed by atoms with Crippen LogP contribution in [0.2, 0.25) is 0 Å². The first kappa shape index (κ1) is 9.96. The van der Waals surface area contributed by atoms with E-state index in [-0.39, 0.29) is 0 Å². The van der Waals surface area contributed by atoms with Gasteiger partial charge in [-0.05, 0) is 18.2 Å². The molecule has 0 aliphatic carbocycles. The van der Waals surface area contributed by atoms with Gasteiger partial charge in [0.15, 0.2) is 0 Å². The number of anilines is 1. The summed E-state index contributed by atoms with van der Waals surface area (Å²) < 4.78 is 7.34. The van der Waals surface area contributed by atoms with Crippen molar-refractivity contribution in [2.75, 3.05) is 12.4 Å². The maximum Gasteiger partial charge on any atom is 0.120 e. The lowest BCUT2D eigenvalue weighted by atomic mass is 10.3. The summed E-state index contributed by atoms with van der Waals surface area (Å²) in [5.41, 5.74) is 2.28. The van der Waals surface area contributed by atoms with E-state index < -0.39 is 0 Å². The maximum atomic E-state index is 5.24. The monoisotopic (exact) mass is 227 g/mol. The van der Waals surface area contributed by atoms with Gasteiger partial charge in [0.25, 0.3) is 0 Å². The van der Waals surface area contributed by atoms with Gasteiger partial charge in [-0.25, -0.2) is 0 Å². The molecule has 0 bridgehead atoms. The molecule has 0 saturated heterocycles. The second kappa shape index (κ2) is 3.97. The predicted octanol–water partition coefficient (Wildman–Crippen LogP) is 2.44. The van der Waals surface area contributed by atoms with Crippen molar-refractivity contribution in [3.63, 3.8) is 0 Å². The Morgan fingerprint density at radius 2 is 2.29 bits per heavy atom. The smallest absolute Gasteiger partial charge is 0.120 e. The lowest BCUT2D eigenvalue weighted by Gasteiger charge is -2.13. The van der Waals surface area contributed by atoms with E-state index in [1.165, 1.54) is 5.56 Å². The molecule has 0 radical (unpaired) electrons. The van der Waals surface area contributed by atoms with Crippen molar-refractivity contribution >= 4 is 12.2 Å². The minimum Gasteiger partial charge on any atom is -0.497 e. The van der Waals surface area contributed by atoms with Crippen molar-refractivity contribution in [3.8, 4) is 11.4 Å². The van der Waals surface area contributed by atoms with Crippen LogP contribution in [-0.2, 0) is 6.54 Å². The van der Waals surface area contributed by atoms with E-state index in [0.29, 0.717) is 0 Å². The fourth-order valence-electron chi connectivity index (χ4n) is 1.99. The molecule has 86 valence electrons. The molecule has 0 amide bonds. The van der Waals surface area contributed by atoms with Crippen molar-refractivity contribution in [1.29, 1.82) is 0 Å². The molecule has 4 heteroatoms. The molecule has 1 aromatic carbocycles. The highest BCUT2D eigenvalue weighted by Gasteiger charge is 2.11. The summed E-state index contributed by atoms with van der Waals surface area (Å²) in [4.78, 5) is 4.19. The van der Waals surface area contributed by atoms with E-state index >= 15 is 0 Å². The number of aliphatic imine (C=N–C) groups is 1. The second-order valence-corrected chi connectivity index (χ2v) is 3.88. The van der Waals surface area contributed by atoms with Crippen molar-refractivity contribution < 1.29 is 4.74 Å². The van der Waals surface area contributed by atoms with Gasteiger partial charge in [0.05, 0.1) is 25.7 Å². The fourth-order valence-corrected chi connectivity index (χ4v) is 1.99. The minimum absolute atomic E-state index is 0.735. The summed E-state index contributed by atoms with van der Waals surface area (Å²) in [6.07, 6.45) is 3.78. The molecule has 1 aliphatic heterocycles. The molecule has 0 atom stereocenters. The van der Waals surface area contributed by atoms with Crippen LogP contribution in [0.3, 0.4) is 0 Å². The molecule has 0 spiro atoms. The van der Waals surface area contributed by atoms with E-state index in [9.17, 15) is 0 Å². The van der Waals surface area contributed by atoms with Crippen LogP contribution in [0.25, 0.3) is 5.69 Å². The molecule has 1 aromatic heterocycles. The quantitative estimate of drug-likeness (QED) is 0.855. The zero-order valence-electron chi connectivity index (χ0n) is 9.55. The third-order valence-corrected chi connectivity index (χ3v) is 2.86. The lowest BCUT2D eigenvalue weighted by molar-refractivity contribution is 0.414. The summed E-state index contributed by atoms with van der Waals surface area (Å²) in [5.74, 6) is 1.93. The van der Waals surface area contributed by atoms with Gasteiger partial charge >= 0.3 is 0 Å². The zero-order chi connectivity index (χ0) is 11.7. The van der Waals surface area contributed by atoms with Gasteiger partial charge in [0.1, 0.15) is 11.6 Å². The number of benzene rings is 1. The number of fused-ring (bicyclic) bond motifs is 1. The van der Waals surface area contributed by atoms with E-state index in [1.54, 1.807) is 13.4 Å². The average molecular weight is 227 g/mol. The lowest BCUT2D eigenvalue weighted by Crippen LogP contribution is -2.08. The Kier molecular flexibility index (Phi) is 2.33. The number of aromatic nitrogens is 1. The summed E-state index contributed by atoms with van der Waals surface area (Å²) >= 11 is 0. The van der Waals surface area contributed by atoms with Gasteiger partial charge in [0, 0.05) is 17.8 Å². The predicted molar refractivity (Wildman–Crippen MR) is 68.1 cm³/mol. The van der Waals surface area contributed by atoms with Crippen LogP contribution < -0.4 is 10.1 Å². The average Bonchev–Trinajstić information content (AvgIpc) is 2.82. The van der Waals surface area contributed by atoms with Crippen LogP contribution in [0.1, 0.15) is 5.56 Å². The van der Waals surface area contributed by atoms with Crippen molar-refractivity contribution in [2.45, 2.75) is 6.54 Å². The molecule has 2 heterocycles. The van der Waals surface area contributed by atoms with Crippen LogP contribution in [-0.4, -0.2) is 18.0 Å².